The first-order valence-electron chi connectivity index (χ1n) is 15.1. The second kappa shape index (κ2) is 16.9. The highest BCUT2D eigenvalue weighted by molar-refractivity contribution is 6.34. The molecule has 0 radical (unpaired) electrons. The molecular weight excluding hydrogens is 654 g/mol. The molecular formula is C38H30ClN7O4. The number of rotatable bonds is 2. The molecule has 4 heterocycles. The van der Waals surface area contributed by atoms with Crippen LogP contribution < -0.4 is 30.0 Å². The van der Waals surface area contributed by atoms with Gasteiger partial charge >= 0.3 is 0 Å². The van der Waals surface area contributed by atoms with Crippen LogP contribution in [0.4, 0.5) is 17.2 Å². The van der Waals surface area contributed by atoms with Gasteiger partial charge < -0.3 is 30.0 Å². The average Bonchev–Trinajstić information content (AvgIpc) is 3.15. The third kappa shape index (κ3) is 8.78. The van der Waals surface area contributed by atoms with E-state index in [-0.39, 0.29) is 0 Å². The molecule has 8 rings (SSSR count). The Morgan fingerprint density at radius 3 is 1.76 bits per heavy atom. The van der Waals surface area contributed by atoms with Crippen LogP contribution in [0.2, 0.25) is 5.15 Å². The first-order chi connectivity index (χ1) is 24.4. The van der Waals surface area contributed by atoms with Crippen molar-refractivity contribution in [2.24, 2.45) is 0 Å². The number of ether oxygens (including phenoxy) is 4. The van der Waals surface area contributed by atoms with E-state index in [1.54, 1.807) is 18.2 Å². The highest BCUT2D eigenvalue weighted by atomic mass is 35.5. The van der Waals surface area contributed by atoms with Crippen molar-refractivity contribution < 1.29 is 18.9 Å². The van der Waals surface area contributed by atoms with E-state index >= 15 is 0 Å². The molecule has 4 aromatic carbocycles. The lowest BCUT2D eigenvalue weighted by atomic mass is 10.2. The van der Waals surface area contributed by atoms with Gasteiger partial charge in [0.25, 0.3) is 0 Å². The van der Waals surface area contributed by atoms with E-state index in [2.05, 4.69) is 37.1 Å². The van der Waals surface area contributed by atoms with Crippen LogP contribution in [0.3, 0.4) is 0 Å². The number of fused-ring (bicyclic) bond motifs is 4. The van der Waals surface area contributed by atoms with Crippen molar-refractivity contribution in [3.05, 3.63) is 102 Å². The summed E-state index contributed by atoms with van der Waals surface area (Å²) in [6, 6.07) is 24.0. The Balaban J connectivity index is 0.000000154. The number of nitrogens with zero attached hydrogens (tertiary/aromatic N) is 5. The molecule has 50 heavy (non-hydrogen) atoms. The molecule has 2 aromatic heterocycles. The van der Waals surface area contributed by atoms with Gasteiger partial charge in [-0.15, -0.1) is 12.8 Å². The Bertz CT molecular complexity index is 2260. The molecule has 0 spiro atoms. The number of terminal acetylenes is 2. The predicted molar refractivity (Wildman–Crippen MR) is 194 cm³/mol. The van der Waals surface area contributed by atoms with E-state index in [4.69, 9.17) is 54.4 Å². The highest BCUT2D eigenvalue weighted by Gasteiger charge is 2.16. The molecule has 3 N–H and O–H groups in total. The summed E-state index contributed by atoms with van der Waals surface area (Å²) in [6.07, 6.45) is 13.5. The van der Waals surface area contributed by atoms with Crippen molar-refractivity contribution in [3.8, 4) is 53.8 Å². The fourth-order valence-electron chi connectivity index (χ4n) is 4.71. The fraction of sp³-hybridized carbons (Fsp3) is 0.132. The lowest BCUT2D eigenvalue weighted by Crippen LogP contribution is -2.15. The smallest absolute Gasteiger partial charge is 0.163 e. The summed E-state index contributed by atoms with van der Waals surface area (Å²) in [5.74, 6) is 8.63. The number of nitrogen functional groups attached to an aromatic ring is 1. The van der Waals surface area contributed by atoms with E-state index in [0.717, 1.165) is 38.6 Å². The minimum atomic E-state index is 0.428. The van der Waals surface area contributed by atoms with Gasteiger partial charge in [-0.3, -0.25) is 0 Å². The summed E-state index contributed by atoms with van der Waals surface area (Å²) >= 11 is 5.95. The molecule has 2 aliphatic heterocycles. The van der Waals surface area contributed by atoms with Crippen LogP contribution in [0.1, 0.15) is 18.1 Å². The third-order valence-electron chi connectivity index (χ3n) is 6.90. The van der Waals surface area contributed by atoms with E-state index in [1.165, 1.54) is 19.6 Å². The number of halogens is 1. The van der Waals surface area contributed by atoms with Gasteiger partial charge in [0.05, 0.1) is 17.1 Å². The van der Waals surface area contributed by atoms with Crippen molar-refractivity contribution in [2.75, 3.05) is 37.5 Å². The van der Waals surface area contributed by atoms with Crippen LogP contribution in [0.25, 0.3) is 21.8 Å². The number of nitriles is 1. The number of hydrogen-bond donors (Lipinski definition) is 2. The van der Waals surface area contributed by atoms with E-state index in [9.17, 15) is 0 Å². The quantitative estimate of drug-likeness (QED) is 0.111. The van der Waals surface area contributed by atoms with Gasteiger partial charge in [0.15, 0.2) is 23.0 Å². The van der Waals surface area contributed by atoms with Crippen LogP contribution >= 0.6 is 11.6 Å². The van der Waals surface area contributed by atoms with Crippen LogP contribution in [-0.2, 0) is 0 Å². The molecule has 0 saturated carbocycles. The van der Waals surface area contributed by atoms with E-state index in [0.29, 0.717) is 66.1 Å². The average molecular weight is 684 g/mol. The summed E-state index contributed by atoms with van der Waals surface area (Å²) in [7, 11) is 0. The Kier molecular flexibility index (Phi) is 11.7. The molecule has 0 aliphatic carbocycles. The third-order valence-corrected chi connectivity index (χ3v) is 7.20. The summed E-state index contributed by atoms with van der Waals surface area (Å²) < 4.78 is 22.1. The minimum absolute atomic E-state index is 0.428. The fourth-order valence-corrected chi connectivity index (χ4v) is 4.90. The first-order valence-corrected chi connectivity index (χ1v) is 15.5. The van der Waals surface area contributed by atoms with Gasteiger partial charge in [-0.25, -0.2) is 19.9 Å². The van der Waals surface area contributed by atoms with Gasteiger partial charge in [-0.1, -0.05) is 35.6 Å². The van der Waals surface area contributed by atoms with Gasteiger partial charge in [-0.05, 0) is 48.5 Å². The molecule has 0 unspecified atom stereocenters. The summed E-state index contributed by atoms with van der Waals surface area (Å²) in [5, 5.41) is 12.7. The Morgan fingerprint density at radius 2 is 1.20 bits per heavy atom. The Hall–Kier alpha value is -6.74. The maximum absolute atomic E-state index is 7.32. The van der Waals surface area contributed by atoms with Crippen molar-refractivity contribution >= 4 is 50.6 Å². The van der Waals surface area contributed by atoms with Crippen LogP contribution in [0.5, 0.6) is 23.0 Å². The molecule has 2 aliphatic rings. The number of aromatic nitrogens is 4. The molecule has 0 bridgehead atoms. The highest BCUT2D eigenvalue weighted by Crippen LogP contribution is 2.37. The van der Waals surface area contributed by atoms with Gasteiger partial charge in [-0.2, -0.15) is 5.26 Å². The number of nitrogens with two attached hydrogens (primary N) is 1. The lowest BCUT2D eigenvalue weighted by molar-refractivity contribution is 0.172. The maximum atomic E-state index is 7.32. The maximum Gasteiger partial charge on any atom is 0.163 e. The zero-order valence-electron chi connectivity index (χ0n) is 26.9. The second-order valence-electron chi connectivity index (χ2n) is 10.3. The van der Waals surface area contributed by atoms with Gasteiger partial charge in [0.2, 0.25) is 0 Å². The van der Waals surface area contributed by atoms with E-state index < -0.39 is 0 Å². The van der Waals surface area contributed by atoms with Crippen LogP contribution in [0.15, 0.2) is 85.5 Å². The molecule has 248 valence electrons. The van der Waals surface area contributed by atoms with E-state index in [1.807, 2.05) is 60.7 Å². The summed E-state index contributed by atoms with van der Waals surface area (Å²) in [5.41, 5.74) is 10.2. The molecule has 0 saturated heterocycles. The zero-order chi connectivity index (χ0) is 35.3. The molecule has 6 aromatic rings. The molecule has 11 nitrogen and oxygen atoms in total. The van der Waals surface area contributed by atoms with Crippen molar-refractivity contribution in [2.45, 2.75) is 6.92 Å². The van der Waals surface area contributed by atoms with Crippen molar-refractivity contribution in [1.82, 2.24) is 19.9 Å². The molecule has 0 fully saturated rings. The van der Waals surface area contributed by atoms with Gasteiger partial charge in [0.1, 0.15) is 50.1 Å². The topological polar surface area (TPSA) is 150 Å². The zero-order valence-corrected chi connectivity index (χ0v) is 27.6. The summed E-state index contributed by atoms with van der Waals surface area (Å²) in [4.78, 5) is 16.7. The van der Waals surface area contributed by atoms with Crippen molar-refractivity contribution in [3.63, 3.8) is 0 Å². The molecule has 0 amide bonds. The number of hydrogen-bond acceptors (Lipinski definition) is 11. The largest absolute Gasteiger partial charge is 0.486 e. The summed E-state index contributed by atoms with van der Waals surface area (Å²) in [6.45, 7) is 3.65. The monoisotopic (exact) mass is 683 g/mol. The molecule has 12 heteroatoms. The van der Waals surface area contributed by atoms with Gasteiger partial charge in [0, 0.05) is 52.3 Å². The SMILES string of the molecule is C#Cc1cccc(N)c1.C#Cc1cccc(Nc2ncnc3cc4c(cc23)OCCO4)c1.CC#N.Clc1ncnc2cc3c(cc12)OCCO3. The second-order valence-corrected chi connectivity index (χ2v) is 10.6. The van der Waals surface area contributed by atoms with Crippen LogP contribution in [0, 0.1) is 36.0 Å². The Morgan fingerprint density at radius 1 is 0.700 bits per heavy atom. The minimum Gasteiger partial charge on any atom is -0.486 e. The molecule has 0 atom stereocenters. The standard InChI is InChI=1S/C18H13N3O2.C10H7ClN2O2.C8H7N.C2H3N/c1-2-12-4-3-5-13(8-12)21-18-14-9-16-17(23-7-6-22-16)10-15(14)19-11-20-18;11-10-6-3-8-9(15-2-1-14-8)4-7(6)12-5-13-10;1-2-7-4-3-5-8(9)6-7;1-2-3/h1,3-5,8-11H,6-7H2,(H,19,20,21);3-5H,1-2H2;1,3-6H,9H2;1H3. The Labute approximate surface area is 294 Å². The number of anilines is 3. The van der Waals surface area contributed by atoms with Crippen molar-refractivity contribution in [1.29, 1.82) is 5.26 Å². The number of nitrogens with one attached hydrogen (secondary N) is 1. The number of benzene rings is 4. The van der Waals surface area contributed by atoms with Crippen LogP contribution in [-0.4, -0.2) is 46.4 Å². The first kappa shape index (κ1) is 34.6. The lowest BCUT2D eigenvalue weighted by Gasteiger charge is -2.19. The normalized spacial score (nSPS) is 11.7. The predicted octanol–water partition coefficient (Wildman–Crippen LogP) is 6.96.